The van der Waals surface area contributed by atoms with Gasteiger partial charge in [0, 0.05) is 15.6 Å². The first-order chi connectivity index (χ1) is 8.49. The molecule has 0 aliphatic rings. The van der Waals surface area contributed by atoms with Crippen molar-refractivity contribution in [1.82, 2.24) is 0 Å². The van der Waals surface area contributed by atoms with Crippen LogP contribution in [-0.2, 0) is 0 Å². The minimum Gasteiger partial charge on any atom is -0.320 e. The number of nitrogens with two attached hydrogens (primary N) is 1. The van der Waals surface area contributed by atoms with Gasteiger partial charge in [0.15, 0.2) is 0 Å². The van der Waals surface area contributed by atoms with E-state index in [-0.39, 0.29) is 5.82 Å². The molecule has 0 aliphatic heterocycles. The average Bonchev–Trinajstić information content (AvgIpc) is 2.30. The molecule has 1 unspecified atom stereocenters. The Hall–Kier alpha value is -0.610. The fraction of sp³-hybridized carbons (Fsp3) is 0.0769. The van der Waals surface area contributed by atoms with Gasteiger partial charge in [-0.2, -0.15) is 0 Å². The molecule has 0 heterocycles. The smallest absolute Gasteiger partial charge is 0.142 e. The van der Waals surface area contributed by atoms with Crippen LogP contribution in [0.3, 0.4) is 0 Å². The summed E-state index contributed by atoms with van der Waals surface area (Å²) < 4.78 is 14.3. The molecular formula is C13H9BrCl2FN. The van der Waals surface area contributed by atoms with Crippen molar-refractivity contribution in [2.45, 2.75) is 6.04 Å². The molecule has 0 aromatic heterocycles. The second-order valence-corrected chi connectivity index (χ2v) is 5.55. The Morgan fingerprint density at radius 2 is 1.72 bits per heavy atom. The van der Waals surface area contributed by atoms with Crippen LogP contribution in [0, 0.1) is 5.82 Å². The van der Waals surface area contributed by atoms with Gasteiger partial charge in [-0.25, -0.2) is 4.39 Å². The molecule has 0 radical (unpaired) electrons. The molecule has 2 N–H and O–H groups in total. The molecule has 1 atom stereocenters. The molecule has 0 aliphatic carbocycles. The largest absolute Gasteiger partial charge is 0.320 e. The van der Waals surface area contributed by atoms with Crippen molar-refractivity contribution in [2.24, 2.45) is 5.73 Å². The minimum absolute atomic E-state index is 0.374. The van der Waals surface area contributed by atoms with Gasteiger partial charge in [0.1, 0.15) is 5.82 Å². The Kier molecular flexibility index (Phi) is 4.28. The molecule has 0 bridgehead atoms. The highest BCUT2D eigenvalue weighted by Gasteiger charge is 2.16. The zero-order chi connectivity index (χ0) is 13.3. The maximum atomic E-state index is 13.9. The van der Waals surface area contributed by atoms with Gasteiger partial charge < -0.3 is 5.73 Å². The van der Waals surface area contributed by atoms with Crippen LogP contribution in [0.5, 0.6) is 0 Å². The topological polar surface area (TPSA) is 26.0 Å². The van der Waals surface area contributed by atoms with Crippen LogP contribution in [-0.4, -0.2) is 0 Å². The van der Waals surface area contributed by atoms with Gasteiger partial charge in [-0.15, -0.1) is 0 Å². The quantitative estimate of drug-likeness (QED) is 0.816. The number of rotatable bonds is 2. The van der Waals surface area contributed by atoms with Crippen LogP contribution in [0.15, 0.2) is 40.9 Å². The Morgan fingerprint density at radius 3 is 2.33 bits per heavy atom. The van der Waals surface area contributed by atoms with Gasteiger partial charge in [-0.1, -0.05) is 35.3 Å². The predicted octanol–water partition coefficient (Wildman–Crippen LogP) is 4.94. The third kappa shape index (κ3) is 2.86. The van der Waals surface area contributed by atoms with Crippen molar-refractivity contribution in [3.05, 3.63) is 67.9 Å². The second kappa shape index (κ2) is 5.57. The molecule has 0 amide bonds. The van der Waals surface area contributed by atoms with Gasteiger partial charge >= 0.3 is 0 Å². The molecular weight excluding hydrogens is 340 g/mol. The maximum Gasteiger partial charge on any atom is 0.142 e. The second-order valence-electron chi connectivity index (χ2n) is 3.82. The fourth-order valence-electron chi connectivity index (χ4n) is 1.69. The van der Waals surface area contributed by atoms with E-state index in [1.807, 2.05) is 0 Å². The molecule has 5 heteroatoms. The molecule has 1 nitrogen and oxygen atoms in total. The molecule has 2 rings (SSSR count). The van der Waals surface area contributed by atoms with Gasteiger partial charge in [0.25, 0.3) is 0 Å². The highest BCUT2D eigenvalue weighted by atomic mass is 79.9. The normalized spacial score (nSPS) is 12.5. The lowest BCUT2D eigenvalue weighted by Crippen LogP contribution is -2.13. The van der Waals surface area contributed by atoms with E-state index in [0.717, 1.165) is 0 Å². The zero-order valence-corrected chi connectivity index (χ0v) is 12.2. The van der Waals surface area contributed by atoms with Gasteiger partial charge in [0.05, 0.1) is 10.5 Å². The summed E-state index contributed by atoms with van der Waals surface area (Å²) in [5.41, 5.74) is 7.11. The summed E-state index contributed by atoms with van der Waals surface area (Å²) in [6, 6.07) is 9.34. The Morgan fingerprint density at radius 1 is 1.11 bits per heavy atom. The SMILES string of the molecule is NC(c1cc(Cl)cc(Cl)c1)c1cccc(Br)c1F. The lowest BCUT2D eigenvalue weighted by molar-refractivity contribution is 0.593. The van der Waals surface area contributed by atoms with Crippen LogP contribution >= 0.6 is 39.1 Å². The number of hydrogen-bond donors (Lipinski definition) is 1. The third-order valence-corrected chi connectivity index (χ3v) is 3.61. The van der Waals surface area contributed by atoms with E-state index in [9.17, 15) is 4.39 Å². The summed E-state index contributed by atoms with van der Waals surface area (Å²) >= 11 is 15.0. The van der Waals surface area contributed by atoms with E-state index >= 15 is 0 Å². The number of halogens is 4. The third-order valence-electron chi connectivity index (χ3n) is 2.56. The van der Waals surface area contributed by atoms with Crippen molar-refractivity contribution in [3.8, 4) is 0 Å². The molecule has 94 valence electrons. The van der Waals surface area contributed by atoms with Crippen LogP contribution in [0.4, 0.5) is 4.39 Å². The monoisotopic (exact) mass is 347 g/mol. The zero-order valence-electron chi connectivity index (χ0n) is 9.13. The van der Waals surface area contributed by atoms with E-state index in [4.69, 9.17) is 28.9 Å². The van der Waals surface area contributed by atoms with Gasteiger partial charge in [-0.3, -0.25) is 0 Å². The van der Waals surface area contributed by atoms with Crippen molar-refractivity contribution in [1.29, 1.82) is 0 Å². The highest BCUT2D eigenvalue weighted by molar-refractivity contribution is 9.10. The first-order valence-corrected chi connectivity index (χ1v) is 6.69. The predicted molar refractivity (Wildman–Crippen MR) is 76.6 cm³/mol. The van der Waals surface area contributed by atoms with Crippen molar-refractivity contribution in [3.63, 3.8) is 0 Å². The molecule has 0 saturated carbocycles. The molecule has 2 aromatic rings. The van der Waals surface area contributed by atoms with Crippen molar-refractivity contribution in [2.75, 3.05) is 0 Å². The molecule has 18 heavy (non-hydrogen) atoms. The standard InChI is InChI=1S/C13H9BrCl2FN/c14-11-3-1-2-10(12(11)17)13(18)7-4-8(15)6-9(16)5-7/h1-6,13H,18H2. The molecule has 2 aromatic carbocycles. The lowest BCUT2D eigenvalue weighted by atomic mass is 9.99. The van der Waals surface area contributed by atoms with Crippen LogP contribution in [0.25, 0.3) is 0 Å². The van der Waals surface area contributed by atoms with E-state index < -0.39 is 6.04 Å². The molecule has 0 fully saturated rings. The first-order valence-electron chi connectivity index (χ1n) is 5.14. The van der Waals surface area contributed by atoms with Crippen LogP contribution in [0.2, 0.25) is 10.0 Å². The Balaban J connectivity index is 2.47. The summed E-state index contributed by atoms with van der Waals surface area (Å²) in [6.45, 7) is 0. The summed E-state index contributed by atoms with van der Waals surface area (Å²) in [7, 11) is 0. The first kappa shape index (κ1) is 13.8. The Labute approximate surface area is 123 Å². The number of hydrogen-bond acceptors (Lipinski definition) is 1. The maximum absolute atomic E-state index is 13.9. The van der Waals surface area contributed by atoms with Crippen LogP contribution in [0.1, 0.15) is 17.2 Å². The minimum atomic E-state index is -0.612. The summed E-state index contributed by atoms with van der Waals surface area (Å²) in [5, 5.41) is 0.951. The van der Waals surface area contributed by atoms with E-state index in [0.29, 0.717) is 25.6 Å². The summed E-state index contributed by atoms with van der Waals surface area (Å²) in [4.78, 5) is 0. The molecule has 0 spiro atoms. The van der Waals surface area contributed by atoms with Crippen LogP contribution < -0.4 is 5.73 Å². The van der Waals surface area contributed by atoms with Crippen molar-refractivity contribution >= 4 is 39.1 Å². The van der Waals surface area contributed by atoms with Crippen molar-refractivity contribution < 1.29 is 4.39 Å². The van der Waals surface area contributed by atoms with E-state index in [1.165, 1.54) is 0 Å². The summed E-state index contributed by atoms with van der Waals surface area (Å²) in [5.74, 6) is -0.374. The Bertz CT molecular complexity index is 569. The summed E-state index contributed by atoms with van der Waals surface area (Å²) in [6.07, 6.45) is 0. The van der Waals surface area contributed by atoms with E-state index in [1.54, 1.807) is 36.4 Å². The fourth-order valence-corrected chi connectivity index (χ4v) is 2.62. The average molecular weight is 349 g/mol. The number of benzene rings is 2. The molecule has 0 saturated heterocycles. The van der Waals surface area contributed by atoms with Gasteiger partial charge in [-0.05, 0) is 45.8 Å². The van der Waals surface area contributed by atoms with Gasteiger partial charge in [0.2, 0.25) is 0 Å². The highest BCUT2D eigenvalue weighted by Crippen LogP contribution is 2.29. The van der Waals surface area contributed by atoms with E-state index in [2.05, 4.69) is 15.9 Å². The lowest BCUT2D eigenvalue weighted by Gasteiger charge is -2.15.